The van der Waals surface area contributed by atoms with Gasteiger partial charge in [0.25, 0.3) is 0 Å². The Morgan fingerprint density at radius 3 is 1.74 bits per heavy atom. The summed E-state index contributed by atoms with van der Waals surface area (Å²) in [7, 11) is 0. The molecule has 0 fully saturated rings. The highest BCUT2D eigenvalue weighted by Crippen LogP contribution is 2.22. The Kier molecular flexibility index (Phi) is 6.73. The van der Waals surface area contributed by atoms with E-state index in [1.165, 1.54) is 5.56 Å². The first-order valence-electron chi connectivity index (χ1n) is 11.1. The van der Waals surface area contributed by atoms with E-state index < -0.39 is 0 Å². The van der Waals surface area contributed by atoms with Crippen LogP contribution in [0.5, 0.6) is 0 Å². The second kappa shape index (κ2) is 10.0. The number of nitrogens with one attached hydrogen (secondary N) is 4. The Labute approximate surface area is 199 Å². The van der Waals surface area contributed by atoms with Gasteiger partial charge < -0.3 is 21.3 Å². The maximum Gasteiger partial charge on any atom is 0.323 e. The van der Waals surface area contributed by atoms with Crippen molar-refractivity contribution >= 4 is 40.4 Å². The molecule has 0 atom stereocenters. The molecule has 0 unspecified atom stereocenters. The van der Waals surface area contributed by atoms with Crippen molar-refractivity contribution in [2.45, 2.75) is 27.7 Å². The summed E-state index contributed by atoms with van der Waals surface area (Å²) in [6.45, 7) is 7.90. The third kappa shape index (κ3) is 6.10. The monoisotopic (exact) mass is 452 g/mol. The van der Waals surface area contributed by atoms with Crippen molar-refractivity contribution in [2.24, 2.45) is 0 Å². The van der Waals surface area contributed by atoms with E-state index in [4.69, 9.17) is 0 Å². The first kappa shape index (κ1) is 22.8. The average Bonchev–Trinajstić information content (AvgIpc) is 2.78. The second-order valence-electron chi connectivity index (χ2n) is 8.28. The molecule has 3 aromatic carbocycles. The molecule has 1 heterocycles. The number of hydrogen-bond acceptors (Lipinski definition) is 5. The number of carbonyl (C=O) groups excluding carboxylic acids is 1. The van der Waals surface area contributed by atoms with Gasteiger partial charge in [-0.25, -0.2) is 14.8 Å². The van der Waals surface area contributed by atoms with Crippen LogP contribution in [0.4, 0.5) is 39.2 Å². The first-order valence-corrected chi connectivity index (χ1v) is 11.1. The highest BCUT2D eigenvalue weighted by atomic mass is 16.2. The molecule has 34 heavy (non-hydrogen) atoms. The quantitative estimate of drug-likeness (QED) is 0.257. The Hall–Kier alpha value is -4.39. The van der Waals surface area contributed by atoms with Crippen molar-refractivity contribution in [3.8, 4) is 0 Å². The zero-order valence-electron chi connectivity index (χ0n) is 19.7. The molecule has 0 saturated heterocycles. The highest BCUT2D eigenvalue weighted by Gasteiger charge is 2.07. The van der Waals surface area contributed by atoms with E-state index in [1.54, 1.807) is 0 Å². The van der Waals surface area contributed by atoms with Crippen LogP contribution in [0.1, 0.15) is 22.5 Å². The summed E-state index contributed by atoms with van der Waals surface area (Å²) < 4.78 is 0. The number of carbonyl (C=O) groups is 1. The summed E-state index contributed by atoms with van der Waals surface area (Å²) in [4.78, 5) is 21.3. The summed E-state index contributed by atoms with van der Waals surface area (Å²) in [5, 5.41) is 12.3. The van der Waals surface area contributed by atoms with Crippen molar-refractivity contribution in [3.63, 3.8) is 0 Å². The molecule has 2 amide bonds. The molecule has 1 aromatic heterocycles. The molecule has 7 nitrogen and oxygen atoms in total. The lowest BCUT2D eigenvalue weighted by Crippen LogP contribution is -2.19. The van der Waals surface area contributed by atoms with E-state index in [0.29, 0.717) is 23.1 Å². The molecule has 172 valence electrons. The van der Waals surface area contributed by atoms with Crippen LogP contribution in [0, 0.1) is 27.7 Å². The predicted molar refractivity (Wildman–Crippen MR) is 140 cm³/mol. The standard InChI is InChI=1S/C27H28N6O/c1-17-5-8-21(9-6-17)30-25-16-26(29-20(4)28-25)31-22-10-12-23(13-11-22)32-27(34)33-24-14-7-18(2)15-19(24)3/h5-16H,1-4H3,(H2,32,33,34)(H2,28,29,30,31). The van der Waals surface area contributed by atoms with Crippen molar-refractivity contribution < 1.29 is 4.79 Å². The van der Waals surface area contributed by atoms with Gasteiger partial charge in [0.1, 0.15) is 17.5 Å². The fraction of sp³-hybridized carbons (Fsp3) is 0.148. The molecule has 0 aliphatic heterocycles. The molecule has 7 heteroatoms. The first-order chi connectivity index (χ1) is 16.3. The largest absolute Gasteiger partial charge is 0.340 e. The van der Waals surface area contributed by atoms with Crippen LogP contribution >= 0.6 is 0 Å². The summed E-state index contributed by atoms with van der Waals surface area (Å²) in [5.74, 6) is 2.04. The fourth-order valence-corrected chi connectivity index (χ4v) is 3.50. The van der Waals surface area contributed by atoms with Crippen LogP contribution in [0.25, 0.3) is 0 Å². The van der Waals surface area contributed by atoms with Gasteiger partial charge in [-0.05, 0) is 75.7 Å². The van der Waals surface area contributed by atoms with Crippen molar-refractivity contribution in [1.29, 1.82) is 0 Å². The normalized spacial score (nSPS) is 10.5. The zero-order valence-corrected chi connectivity index (χ0v) is 19.7. The summed E-state index contributed by atoms with van der Waals surface area (Å²) in [6, 6.07) is 23.1. The number of anilines is 6. The highest BCUT2D eigenvalue weighted by molar-refractivity contribution is 6.00. The molecular weight excluding hydrogens is 424 g/mol. The minimum Gasteiger partial charge on any atom is -0.340 e. The van der Waals surface area contributed by atoms with E-state index >= 15 is 0 Å². The van der Waals surface area contributed by atoms with Gasteiger partial charge in [0.05, 0.1) is 0 Å². The van der Waals surface area contributed by atoms with Gasteiger partial charge in [-0.3, -0.25) is 0 Å². The molecule has 0 spiro atoms. The van der Waals surface area contributed by atoms with E-state index in [-0.39, 0.29) is 6.03 Å². The minimum atomic E-state index is -0.286. The fourth-order valence-electron chi connectivity index (χ4n) is 3.50. The van der Waals surface area contributed by atoms with Crippen molar-refractivity contribution in [3.05, 3.63) is 95.3 Å². The molecule has 0 radical (unpaired) electrons. The van der Waals surface area contributed by atoms with Crippen LogP contribution in [0.3, 0.4) is 0 Å². The number of urea groups is 1. The average molecular weight is 453 g/mol. The van der Waals surface area contributed by atoms with Crippen LogP contribution in [0.15, 0.2) is 72.8 Å². The number of benzene rings is 3. The third-order valence-electron chi connectivity index (χ3n) is 5.21. The molecule has 0 bridgehead atoms. The number of nitrogens with zero attached hydrogens (tertiary/aromatic N) is 2. The van der Waals surface area contributed by atoms with E-state index in [0.717, 1.165) is 28.2 Å². The summed E-state index contributed by atoms with van der Waals surface area (Å²) in [5.41, 5.74) is 6.66. The summed E-state index contributed by atoms with van der Waals surface area (Å²) >= 11 is 0. The van der Waals surface area contributed by atoms with Gasteiger partial charge in [-0.15, -0.1) is 0 Å². The Morgan fingerprint density at radius 2 is 1.15 bits per heavy atom. The van der Waals surface area contributed by atoms with E-state index in [1.807, 2.05) is 93.6 Å². The van der Waals surface area contributed by atoms with Gasteiger partial charge in [0, 0.05) is 28.8 Å². The lowest BCUT2D eigenvalue weighted by Gasteiger charge is -2.12. The van der Waals surface area contributed by atoms with Gasteiger partial charge in [0.15, 0.2) is 0 Å². The number of rotatable bonds is 6. The maximum atomic E-state index is 12.4. The van der Waals surface area contributed by atoms with Gasteiger partial charge in [0.2, 0.25) is 0 Å². The van der Waals surface area contributed by atoms with Gasteiger partial charge in [-0.2, -0.15) is 0 Å². The molecule has 4 rings (SSSR count). The molecule has 0 aliphatic rings. The number of hydrogen-bond donors (Lipinski definition) is 4. The number of amides is 2. The zero-order chi connectivity index (χ0) is 24.1. The lowest BCUT2D eigenvalue weighted by molar-refractivity contribution is 0.262. The van der Waals surface area contributed by atoms with Crippen LogP contribution in [0.2, 0.25) is 0 Å². The van der Waals surface area contributed by atoms with E-state index in [2.05, 4.69) is 38.2 Å². The predicted octanol–water partition coefficient (Wildman–Crippen LogP) is 6.84. The Balaban J connectivity index is 1.38. The topological polar surface area (TPSA) is 91.0 Å². The molecule has 4 N–H and O–H groups in total. The van der Waals surface area contributed by atoms with Crippen LogP contribution in [-0.2, 0) is 0 Å². The molecular formula is C27H28N6O. The smallest absolute Gasteiger partial charge is 0.323 e. The SMILES string of the molecule is Cc1ccc(Nc2cc(Nc3ccc(NC(=O)Nc4ccc(C)cc4C)cc3)nc(C)n2)cc1. The minimum absolute atomic E-state index is 0.286. The molecule has 0 saturated carbocycles. The molecule has 0 aliphatic carbocycles. The maximum absolute atomic E-state index is 12.4. The van der Waals surface area contributed by atoms with E-state index in [9.17, 15) is 4.79 Å². The number of aryl methyl sites for hydroxylation is 4. The second-order valence-corrected chi connectivity index (χ2v) is 8.28. The summed E-state index contributed by atoms with van der Waals surface area (Å²) in [6.07, 6.45) is 0. The van der Waals surface area contributed by atoms with Crippen LogP contribution in [-0.4, -0.2) is 16.0 Å². The van der Waals surface area contributed by atoms with Gasteiger partial charge >= 0.3 is 6.03 Å². The van der Waals surface area contributed by atoms with Crippen LogP contribution < -0.4 is 21.3 Å². The molecule has 4 aromatic rings. The third-order valence-corrected chi connectivity index (χ3v) is 5.21. The number of aromatic nitrogens is 2. The van der Waals surface area contributed by atoms with Crippen molar-refractivity contribution in [2.75, 3.05) is 21.3 Å². The lowest BCUT2D eigenvalue weighted by atomic mass is 10.1. The van der Waals surface area contributed by atoms with Crippen molar-refractivity contribution in [1.82, 2.24) is 9.97 Å². The Morgan fingerprint density at radius 1 is 0.618 bits per heavy atom. The van der Waals surface area contributed by atoms with Gasteiger partial charge in [-0.1, -0.05) is 35.4 Å². The Bertz CT molecular complexity index is 1300.